The molecule has 300 valence electrons. The number of ether oxygens (including phenoxy) is 3. The maximum atomic E-state index is 13.5. The minimum Gasteiger partial charge on any atom is -0.494 e. The fourth-order valence-electron chi connectivity index (χ4n) is 5.62. The van der Waals surface area contributed by atoms with E-state index in [1.807, 2.05) is 26.0 Å². The first-order valence-electron chi connectivity index (χ1n) is 17.8. The fraction of sp³-hybridized carbons (Fsp3) is 0.447. The number of benzene rings is 2. The highest BCUT2D eigenvalue weighted by Crippen LogP contribution is 2.34. The van der Waals surface area contributed by atoms with Crippen molar-refractivity contribution < 1.29 is 44.8 Å². The highest BCUT2D eigenvalue weighted by Gasteiger charge is 2.33. The highest BCUT2D eigenvalue weighted by atomic mass is 16.5. The van der Waals surface area contributed by atoms with Crippen LogP contribution in [0.25, 0.3) is 11.0 Å². The molecule has 10 N–H and O–H groups in total. The number of nitrogens with two attached hydrogens (primary N) is 3. The van der Waals surface area contributed by atoms with E-state index in [1.54, 1.807) is 39.1 Å². The van der Waals surface area contributed by atoms with Gasteiger partial charge in [-0.2, -0.15) is 15.6 Å². The van der Waals surface area contributed by atoms with Crippen molar-refractivity contribution in [3.8, 4) is 11.5 Å². The van der Waals surface area contributed by atoms with E-state index in [9.17, 15) is 19.6 Å². The standard InChI is InChI=1S/C38H53N9O7.H2O/c1-10-47-28(18-23(2)43-47)35(50)42-36-45(8)27-20-25(34(40)49)22-30(52-9)32(27)46(36)15-12-11-14-41-31-26(44-51)19-24(33(39)48)21-29(31)53-16-13-17-54-38(6,7)37(3,4)5;/h11-12,18-22,41,44,51H,10,13-17H2,1-9H3,(H2,39,48)(H2,40,49);1H2/p+1/b12-11+,42-36?;. The summed E-state index contributed by atoms with van der Waals surface area (Å²) >= 11 is 0. The molecular formula is C38H56N9O8+. The van der Waals surface area contributed by atoms with E-state index >= 15 is 0 Å². The maximum Gasteiger partial charge on any atom is 0.298 e. The van der Waals surface area contributed by atoms with Crippen molar-refractivity contribution in [2.24, 2.45) is 28.9 Å². The van der Waals surface area contributed by atoms with Gasteiger partial charge in [0.2, 0.25) is 17.4 Å². The quantitative estimate of drug-likeness (QED) is 0.0458. The Morgan fingerprint density at radius 2 is 1.65 bits per heavy atom. The molecule has 55 heavy (non-hydrogen) atoms. The summed E-state index contributed by atoms with van der Waals surface area (Å²) < 4.78 is 23.0. The van der Waals surface area contributed by atoms with Crippen LogP contribution >= 0.6 is 0 Å². The van der Waals surface area contributed by atoms with Gasteiger partial charge in [-0.1, -0.05) is 32.9 Å². The van der Waals surface area contributed by atoms with Crippen molar-refractivity contribution in [3.63, 3.8) is 0 Å². The Morgan fingerprint density at radius 1 is 1.00 bits per heavy atom. The van der Waals surface area contributed by atoms with Crippen LogP contribution in [0, 0.1) is 12.3 Å². The average Bonchev–Trinajstić information content (AvgIpc) is 3.63. The predicted molar refractivity (Wildman–Crippen MR) is 208 cm³/mol. The normalized spacial score (nSPS) is 12.3. The Bertz CT molecular complexity index is 2120. The van der Waals surface area contributed by atoms with Crippen LogP contribution in [0.4, 0.5) is 11.4 Å². The second-order valence-corrected chi connectivity index (χ2v) is 14.4. The third-order valence-electron chi connectivity index (χ3n) is 9.58. The molecule has 3 amide bonds. The Kier molecular flexibility index (Phi) is 14.6. The van der Waals surface area contributed by atoms with Crippen molar-refractivity contribution >= 4 is 40.1 Å². The maximum absolute atomic E-state index is 13.5. The molecule has 0 atom stereocenters. The van der Waals surface area contributed by atoms with Crippen molar-refractivity contribution in [3.05, 3.63) is 70.6 Å². The van der Waals surface area contributed by atoms with E-state index in [-0.39, 0.29) is 40.7 Å². The summed E-state index contributed by atoms with van der Waals surface area (Å²) in [5.41, 5.74) is 15.4. The first-order chi connectivity index (χ1) is 25.4. The zero-order valence-electron chi connectivity index (χ0n) is 33.1. The molecule has 0 spiro atoms. The molecule has 0 saturated carbocycles. The van der Waals surface area contributed by atoms with Gasteiger partial charge in [-0.05, 0) is 57.4 Å². The van der Waals surface area contributed by atoms with Crippen LogP contribution in [0.3, 0.4) is 0 Å². The van der Waals surface area contributed by atoms with Crippen LogP contribution < -0.4 is 37.4 Å². The molecule has 4 aromatic rings. The summed E-state index contributed by atoms with van der Waals surface area (Å²) in [5, 5.41) is 17.8. The Hall–Kier alpha value is -5.49. The number of carbonyl (C=O) groups is 3. The molecule has 0 fully saturated rings. The minimum absolute atomic E-state index is 0. The Balaban J connectivity index is 0.00000812. The smallest absolute Gasteiger partial charge is 0.298 e. The lowest BCUT2D eigenvalue weighted by atomic mass is 9.79. The number of rotatable bonds is 17. The van der Waals surface area contributed by atoms with Gasteiger partial charge in [-0.25, -0.2) is 5.21 Å². The third-order valence-corrected chi connectivity index (χ3v) is 9.58. The van der Waals surface area contributed by atoms with Gasteiger partial charge in [-0.3, -0.25) is 19.1 Å². The summed E-state index contributed by atoms with van der Waals surface area (Å²) in [5.74, 6) is -1.06. The molecule has 0 saturated heterocycles. The molecule has 17 heteroatoms. The van der Waals surface area contributed by atoms with Gasteiger partial charge >= 0.3 is 0 Å². The van der Waals surface area contributed by atoms with Crippen molar-refractivity contribution in [1.82, 2.24) is 18.9 Å². The van der Waals surface area contributed by atoms with Gasteiger partial charge in [0.05, 0.1) is 37.1 Å². The summed E-state index contributed by atoms with van der Waals surface area (Å²) in [7, 11) is 3.23. The number of imidazole rings is 1. The number of amides is 3. The zero-order chi connectivity index (χ0) is 40.0. The third kappa shape index (κ3) is 9.99. The molecule has 0 radical (unpaired) electrons. The van der Waals surface area contributed by atoms with E-state index in [0.29, 0.717) is 77.1 Å². The molecular weight excluding hydrogens is 710 g/mol. The predicted octanol–water partition coefficient (Wildman–Crippen LogP) is 2.49. The molecule has 17 nitrogen and oxygen atoms in total. The van der Waals surface area contributed by atoms with Crippen LogP contribution in [0.2, 0.25) is 0 Å². The number of methoxy groups -OCH3 is 1. The molecule has 2 heterocycles. The number of aryl methyl sites for hydroxylation is 3. The highest BCUT2D eigenvalue weighted by molar-refractivity contribution is 5.99. The summed E-state index contributed by atoms with van der Waals surface area (Å²) in [6.45, 7) is 15.9. The number of aromatic nitrogens is 4. The monoisotopic (exact) mass is 766 g/mol. The van der Waals surface area contributed by atoms with Crippen LogP contribution in [-0.4, -0.2) is 79.8 Å². The van der Waals surface area contributed by atoms with Gasteiger partial charge in [0.25, 0.3) is 5.91 Å². The molecule has 0 aliphatic rings. The Morgan fingerprint density at radius 3 is 2.25 bits per heavy atom. The van der Waals surface area contributed by atoms with Crippen LogP contribution in [-0.2, 0) is 24.9 Å². The molecule has 0 bridgehead atoms. The van der Waals surface area contributed by atoms with Gasteiger partial charge in [0.15, 0.2) is 5.69 Å². The van der Waals surface area contributed by atoms with Gasteiger partial charge in [0, 0.05) is 50.3 Å². The van der Waals surface area contributed by atoms with E-state index < -0.39 is 17.7 Å². The molecule has 0 unspecified atom stereocenters. The van der Waals surface area contributed by atoms with E-state index in [1.165, 1.54) is 19.2 Å². The van der Waals surface area contributed by atoms with E-state index in [4.69, 9.17) is 25.7 Å². The number of hydrogen-bond acceptors (Lipinski definition) is 9. The second-order valence-electron chi connectivity index (χ2n) is 14.4. The topological polar surface area (TPSA) is 251 Å². The molecule has 4 rings (SSSR count). The lowest BCUT2D eigenvalue weighted by molar-refractivity contribution is -0.825. The molecule has 2 aromatic carbocycles. The number of fused-ring (bicyclic) bond motifs is 1. The number of nitrogens with zero attached hydrogens (tertiary/aromatic N) is 5. The zero-order valence-corrected chi connectivity index (χ0v) is 33.1. The number of carbonyl (C=O) groups excluding carboxylic acids is 3. The van der Waals surface area contributed by atoms with Crippen molar-refractivity contribution in [2.75, 3.05) is 32.2 Å². The largest absolute Gasteiger partial charge is 0.494 e. The van der Waals surface area contributed by atoms with E-state index in [2.05, 4.69) is 50.0 Å². The van der Waals surface area contributed by atoms with Crippen molar-refractivity contribution in [1.29, 1.82) is 0 Å². The fourth-order valence-corrected chi connectivity index (χ4v) is 5.62. The number of primary amides is 2. The lowest BCUT2D eigenvalue weighted by Gasteiger charge is -2.38. The van der Waals surface area contributed by atoms with Crippen LogP contribution in [0.15, 0.2) is 47.5 Å². The van der Waals surface area contributed by atoms with Crippen LogP contribution in [0.5, 0.6) is 11.5 Å². The first-order valence-corrected chi connectivity index (χ1v) is 17.8. The summed E-state index contributed by atoms with van der Waals surface area (Å²) in [6.07, 6.45) is 4.31. The summed E-state index contributed by atoms with van der Waals surface area (Å²) in [6, 6.07) is 7.89. The van der Waals surface area contributed by atoms with E-state index in [0.717, 1.165) is 5.48 Å². The van der Waals surface area contributed by atoms with Gasteiger partial charge in [0.1, 0.15) is 28.4 Å². The van der Waals surface area contributed by atoms with Crippen LogP contribution in [0.1, 0.15) is 84.9 Å². The number of nitrogens with one attached hydrogen (secondary N) is 1. The molecule has 0 aliphatic carbocycles. The minimum atomic E-state index is -0.663. The SMILES string of the molecule is CCn1nc(C)cc1C(=O)N=c1n(C)c2cc(C(N)=O)cc(OC)c2n1C/C=C/CNc1c([NH2+]O)cc(C(N)=O)cc1OCCCOC(C)(C)C(C)(C)C.O. The number of anilines is 1. The first kappa shape index (κ1) is 43.9. The number of quaternary nitrogens is 1. The Labute approximate surface area is 320 Å². The lowest BCUT2D eigenvalue weighted by Crippen LogP contribution is -2.74. The second kappa shape index (κ2) is 18.2. The molecule has 2 aromatic heterocycles. The average molecular weight is 767 g/mol. The van der Waals surface area contributed by atoms with Gasteiger partial charge < -0.3 is 45.6 Å². The number of hydrogen-bond donors (Lipinski definition) is 5. The number of allylic oxidation sites excluding steroid dienone is 1. The van der Waals surface area contributed by atoms with Crippen molar-refractivity contribution in [2.45, 2.75) is 73.6 Å². The van der Waals surface area contributed by atoms with Gasteiger partial charge in [-0.15, -0.1) is 0 Å². The summed E-state index contributed by atoms with van der Waals surface area (Å²) in [4.78, 5) is 42.3. The molecule has 0 aliphatic heterocycles.